The molecule has 0 unspecified atom stereocenters. The van der Waals surface area contributed by atoms with Gasteiger partial charge in [-0.1, -0.05) is 4.39 Å². The maximum atomic E-state index is 12.4. The molecule has 0 bridgehead atoms. The van der Waals surface area contributed by atoms with Gasteiger partial charge in [-0.05, 0) is 6.92 Å². The lowest BCUT2D eigenvalue weighted by Gasteiger charge is -2.03. The quantitative estimate of drug-likeness (QED) is 0.256. The van der Waals surface area contributed by atoms with Crippen molar-refractivity contribution in [3.63, 3.8) is 0 Å². The van der Waals surface area contributed by atoms with Crippen molar-refractivity contribution >= 4 is 0 Å². The molecule has 0 aliphatic heterocycles. The maximum absolute atomic E-state index is 12.4. The second kappa shape index (κ2) is 2.54. The van der Waals surface area contributed by atoms with E-state index >= 15 is 0 Å². The summed E-state index contributed by atoms with van der Waals surface area (Å²) in [7, 11) is 0. The van der Waals surface area contributed by atoms with Crippen LogP contribution in [-0.4, -0.2) is 15.8 Å². The molecule has 0 aliphatic rings. The molecule has 0 aromatic heterocycles. The van der Waals surface area contributed by atoms with Gasteiger partial charge in [-0.15, -0.1) is 0 Å². The molecule has 10 heavy (non-hydrogen) atoms. The summed E-state index contributed by atoms with van der Waals surface area (Å²) >= 11 is 0. The summed E-state index contributed by atoms with van der Waals surface area (Å²) in [4.78, 5) is 16.3. The van der Waals surface area contributed by atoms with Crippen LogP contribution in [0.3, 0.4) is 0 Å². The molecular weight excluding hydrogens is 147 g/mol. The van der Waals surface area contributed by atoms with E-state index in [1.54, 1.807) is 0 Å². The van der Waals surface area contributed by atoms with Crippen LogP contribution in [-0.2, 0) is 0 Å². The fourth-order valence-corrected chi connectivity index (χ4v) is 0.325. The van der Waals surface area contributed by atoms with E-state index in [4.69, 9.17) is 0 Å². The van der Waals surface area contributed by atoms with Crippen molar-refractivity contribution < 1.29 is 14.2 Å². The molecule has 0 saturated heterocycles. The van der Waals surface area contributed by atoms with E-state index in [-0.39, 0.29) is 0 Å². The van der Waals surface area contributed by atoms with Gasteiger partial charge in [0.1, 0.15) is 16.3 Å². The van der Waals surface area contributed by atoms with E-state index < -0.39 is 22.2 Å². The standard InChI is InChI=1S/C3H5FN2O4/c1-2-3(4,5(7)8)6(9)10/h2H2,1H3. The summed E-state index contributed by atoms with van der Waals surface area (Å²) in [5, 5.41) is 19.4. The van der Waals surface area contributed by atoms with Crippen molar-refractivity contribution in [2.75, 3.05) is 0 Å². The Balaban J connectivity index is 4.55. The monoisotopic (exact) mass is 152 g/mol. The minimum absolute atomic E-state index is 0.771. The molecule has 7 heteroatoms. The van der Waals surface area contributed by atoms with E-state index in [9.17, 15) is 24.6 Å². The van der Waals surface area contributed by atoms with Gasteiger partial charge in [0.25, 0.3) is 0 Å². The van der Waals surface area contributed by atoms with Gasteiger partial charge in [-0.25, -0.2) is 0 Å². The lowest BCUT2D eigenvalue weighted by molar-refractivity contribution is -0.831. The summed E-state index contributed by atoms with van der Waals surface area (Å²) in [6.07, 6.45) is -0.771. The Labute approximate surface area is 54.9 Å². The first kappa shape index (κ1) is 8.73. The Hall–Kier alpha value is -1.27. The van der Waals surface area contributed by atoms with Crippen LogP contribution in [0.1, 0.15) is 13.3 Å². The van der Waals surface area contributed by atoms with Gasteiger partial charge >= 0.3 is 5.92 Å². The number of rotatable bonds is 3. The number of hydrogen-bond donors (Lipinski definition) is 0. The van der Waals surface area contributed by atoms with Crippen LogP contribution in [0.4, 0.5) is 4.39 Å². The number of halogens is 1. The van der Waals surface area contributed by atoms with E-state index in [1.165, 1.54) is 0 Å². The lowest BCUT2D eigenvalue weighted by atomic mass is 10.4. The fourth-order valence-electron chi connectivity index (χ4n) is 0.325. The minimum atomic E-state index is -3.51. The van der Waals surface area contributed by atoms with Crippen LogP contribution in [0.5, 0.6) is 0 Å². The summed E-state index contributed by atoms with van der Waals surface area (Å²) < 4.78 is 12.4. The molecule has 0 fully saturated rings. The zero-order chi connectivity index (χ0) is 8.36. The Morgan fingerprint density at radius 1 is 1.40 bits per heavy atom. The number of hydrogen-bond acceptors (Lipinski definition) is 4. The van der Waals surface area contributed by atoms with Crippen LogP contribution < -0.4 is 0 Å². The Morgan fingerprint density at radius 3 is 1.70 bits per heavy atom. The van der Waals surface area contributed by atoms with Crippen LogP contribution in [0.25, 0.3) is 0 Å². The molecule has 0 rings (SSSR count). The van der Waals surface area contributed by atoms with Gasteiger partial charge in [-0.2, -0.15) is 0 Å². The van der Waals surface area contributed by atoms with Gasteiger partial charge in [0.05, 0.1) is 0 Å². The number of nitrogens with zero attached hydrogens (tertiary/aromatic N) is 2. The average molecular weight is 152 g/mol. The third-order valence-corrected chi connectivity index (χ3v) is 1.01. The van der Waals surface area contributed by atoms with E-state index in [0.29, 0.717) is 0 Å². The Morgan fingerprint density at radius 2 is 1.70 bits per heavy atom. The first-order valence-corrected chi connectivity index (χ1v) is 2.43. The second-order valence-electron chi connectivity index (χ2n) is 1.59. The van der Waals surface area contributed by atoms with E-state index in [1.807, 2.05) is 0 Å². The Bertz CT molecular complexity index is 156. The first-order valence-electron chi connectivity index (χ1n) is 2.43. The highest BCUT2D eigenvalue weighted by atomic mass is 19.2. The molecule has 0 aromatic rings. The molecular formula is C3H5FN2O4. The molecule has 0 spiro atoms. The normalized spacial score (nSPS) is 11.0. The van der Waals surface area contributed by atoms with E-state index in [0.717, 1.165) is 6.92 Å². The summed E-state index contributed by atoms with van der Waals surface area (Å²) in [5.41, 5.74) is 0. The van der Waals surface area contributed by atoms with Crippen LogP contribution >= 0.6 is 0 Å². The van der Waals surface area contributed by atoms with Crippen molar-refractivity contribution in [3.8, 4) is 0 Å². The maximum Gasteiger partial charge on any atom is 0.613 e. The SMILES string of the molecule is CCC(F)([N+](=O)[O-])[N+](=O)[O-]. The van der Waals surface area contributed by atoms with Crippen LogP contribution in [0.15, 0.2) is 0 Å². The summed E-state index contributed by atoms with van der Waals surface area (Å²) in [6, 6.07) is 0. The third-order valence-electron chi connectivity index (χ3n) is 1.01. The predicted molar refractivity (Wildman–Crippen MR) is 28.1 cm³/mol. The molecule has 0 radical (unpaired) electrons. The highest BCUT2D eigenvalue weighted by Crippen LogP contribution is 2.16. The zero-order valence-corrected chi connectivity index (χ0v) is 5.11. The zero-order valence-electron chi connectivity index (χ0n) is 5.11. The largest absolute Gasteiger partial charge is 0.613 e. The van der Waals surface area contributed by atoms with Crippen molar-refractivity contribution in [1.29, 1.82) is 0 Å². The molecule has 0 aromatic carbocycles. The van der Waals surface area contributed by atoms with Crippen molar-refractivity contribution in [2.24, 2.45) is 0 Å². The average Bonchev–Trinajstić information content (AvgIpc) is 1.85. The molecule has 0 N–H and O–H groups in total. The molecule has 58 valence electrons. The van der Waals surface area contributed by atoms with Crippen molar-refractivity contribution in [3.05, 3.63) is 20.2 Å². The molecule has 0 atom stereocenters. The summed E-state index contributed by atoms with van der Waals surface area (Å²) in [6.45, 7) is 1.03. The second-order valence-corrected chi connectivity index (χ2v) is 1.59. The number of alkyl halides is 1. The Kier molecular flexibility index (Phi) is 2.22. The van der Waals surface area contributed by atoms with Gasteiger partial charge < -0.3 is 0 Å². The minimum Gasteiger partial charge on any atom is -0.256 e. The van der Waals surface area contributed by atoms with Gasteiger partial charge in [0.15, 0.2) is 0 Å². The molecule has 6 nitrogen and oxygen atoms in total. The van der Waals surface area contributed by atoms with Crippen molar-refractivity contribution in [1.82, 2.24) is 0 Å². The molecule has 0 saturated carbocycles. The number of nitro groups is 2. The fraction of sp³-hybridized carbons (Fsp3) is 1.00. The smallest absolute Gasteiger partial charge is 0.256 e. The highest BCUT2D eigenvalue weighted by molar-refractivity contribution is 4.45. The molecule has 0 amide bonds. The summed E-state index contributed by atoms with van der Waals surface area (Å²) in [5.74, 6) is -3.51. The van der Waals surface area contributed by atoms with Gasteiger partial charge in [0.2, 0.25) is 0 Å². The van der Waals surface area contributed by atoms with Crippen LogP contribution in [0, 0.1) is 20.2 Å². The van der Waals surface area contributed by atoms with Gasteiger partial charge in [0, 0.05) is 0 Å². The first-order chi connectivity index (χ1) is 4.45. The topological polar surface area (TPSA) is 86.3 Å². The van der Waals surface area contributed by atoms with Crippen molar-refractivity contribution in [2.45, 2.75) is 19.3 Å². The van der Waals surface area contributed by atoms with E-state index in [2.05, 4.69) is 0 Å². The molecule has 0 heterocycles. The third kappa shape index (κ3) is 1.17. The molecule has 0 aliphatic carbocycles. The van der Waals surface area contributed by atoms with Crippen LogP contribution in [0.2, 0.25) is 0 Å². The predicted octanol–water partition coefficient (Wildman–Crippen LogP) is 0.573. The lowest BCUT2D eigenvalue weighted by Crippen LogP contribution is -2.40. The highest BCUT2D eigenvalue weighted by Gasteiger charge is 2.55. The van der Waals surface area contributed by atoms with Gasteiger partial charge in [-0.3, -0.25) is 20.2 Å².